The van der Waals surface area contributed by atoms with E-state index in [0.29, 0.717) is 6.42 Å². The standard InChI is InChI=1S/C22H32O5/c1-2-3-11-14-19(23)15-12-9-7-5-4-6-8-10-13-16-20(24)21(25)17-18-22(26)27/h3-4,6-13,15-16,19-21,23-25H,2,5,14,17-18H2,1H3,(H,26,27)/b6-4-,9-7-,10-8+,11-3-,15-12+,16-13+/t19-,20+,21-/m0/s1. The molecule has 0 unspecified atom stereocenters. The Morgan fingerprint density at radius 1 is 0.852 bits per heavy atom. The SMILES string of the molecule is CC/C=C\C[C@H](O)/C=C/C=C\C\C=C/C=C/C=C/[C@@H](O)[C@@H](O)CCC(=O)O. The minimum absolute atomic E-state index is 0.0116. The Labute approximate surface area is 162 Å². The first-order valence-electron chi connectivity index (χ1n) is 9.21. The van der Waals surface area contributed by atoms with Crippen LogP contribution in [0.5, 0.6) is 0 Å². The van der Waals surface area contributed by atoms with Crippen LogP contribution in [0, 0.1) is 0 Å². The molecule has 150 valence electrons. The van der Waals surface area contributed by atoms with Gasteiger partial charge in [0.25, 0.3) is 0 Å². The van der Waals surface area contributed by atoms with Gasteiger partial charge in [0.05, 0.1) is 18.3 Å². The van der Waals surface area contributed by atoms with Crippen molar-refractivity contribution in [1.82, 2.24) is 0 Å². The van der Waals surface area contributed by atoms with Gasteiger partial charge >= 0.3 is 5.97 Å². The van der Waals surface area contributed by atoms with Gasteiger partial charge in [0.2, 0.25) is 0 Å². The van der Waals surface area contributed by atoms with Crippen molar-refractivity contribution in [1.29, 1.82) is 0 Å². The maximum absolute atomic E-state index is 10.4. The lowest BCUT2D eigenvalue weighted by atomic mass is 10.1. The minimum Gasteiger partial charge on any atom is -0.481 e. The summed E-state index contributed by atoms with van der Waals surface area (Å²) in [6.45, 7) is 2.05. The van der Waals surface area contributed by atoms with E-state index in [4.69, 9.17) is 5.11 Å². The Kier molecular flexibility index (Phi) is 15.8. The van der Waals surface area contributed by atoms with Gasteiger partial charge in [-0.2, -0.15) is 0 Å². The molecule has 0 bridgehead atoms. The number of hydrogen-bond acceptors (Lipinski definition) is 4. The summed E-state index contributed by atoms with van der Waals surface area (Å²) in [6.07, 6.45) is 21.3. The third kappa shape index (κ3) is 17.0. The van der Waals surface area contributed by atoms with E-state index >= 15 is 0 Å². The molecular formula is C22H32O5. The van der Waals surface area contributed by atoms with E-state index in [1.54, 1.807) is 24.3 Å². The second-order valence-electron chi connectivity index (χ2n) is 5.92. The predicted molar refractivity (Wildman–Crippen MR) is 109 cm³/mol. The number of aliphatic hydroxyl groups excluding tert-OH is 3. The molecule has 0 saturated heterocycles. The molecule has 0 aromatic rings. The molecule has 0 spiro atoms. The van der Waals surface area contributed by atoms with Gasteiger partial charge < -0.3 is 20.4 Å². The van der Waals surface area contributed by atoms with Crippen molar-refractivity contribution in [3.63, 3.8) is 0 Å². The van der Waals surface area contributed by atoms with Gasteiger partial charge in [-0.05, 0) is 25.7 Å². The topological polar surface area (TPSA) is 98.0 Å². The average Bonchev–Trinajstić information content (AvgIpc) is 2.64. The van der Waals surface area contributed by atoms with E-state index < -0.39 is 24.3 Å². The number of hydrogen-bond donors (Lipinski definition) is 4. The van der Waals surface area contributed by atoms with Crippen molar-refractivity contribution in [3.8, 4) is 0 Å². The highest BCUT2D eigenvalue weighted by Crippen LogP contribution is 2.04. The highest BCUT2D eigenvalue weighted by Gasteiger charge is 2.13. The van der Waals surface area contributed by atoms with Gasteiger partial charge in [0, 0.05) is 6.42 Å². The highest BCUT2D eigenvalue weighted by molar-refractivity contribution is 5.66. The van der Waals surface area contributed by atoms with Crippen LogP contribution in [-0.2, 0) is 4.79 Å². The molecule has 0 rings (SSSR count). The summed E-state index contributed by atoms with van der Waals surface area (Å²) in [5, 5.41) is 37.4. The molecule has 0 aliphatic carbocycles. The highest BCUT2D eigenvalue weighted by atomic mass is 16.4. The van der Waals surface area contributed by atoms with Gasteiger partial charge in [0.15, 0.2) is 0 Å². The fraction of sp³-hybridized carbons (Fsp3) is 0.409. The first kappa shape index (κ1) is 24.8. The Hall–Kier alpha value is -2.21. The molecule has 4 N–H and O–H groups in total. The summed E-state index contributed by atoms with van der Waals surface area (Å²) < 4.78 is 0. The minimum atomic E-state index is -1.08. The van der Waals surface area contributed by atoms with Gasteiger partial charge in [-0.15, -0.1) is 0 Å². The van der Waals surface area contributed by atoms with Gasteiger partial charge in [-0.3, -0.25) is 4.79 Å². The number of allylic oxidation sites excluding steroid dienone is 9. The van der Waals surface area contributed by atoms with Gasteiger partial charge in [-0.25, -0.2) is 0 Å². The maximum Gasteiger partial charge on any atom is 0.303 e. The summed E-state index contributed by atoms with van der Waals surface area (Å²) in [5.41, 5.74) is 0. The van der Waals surface area contributed by atoms with Crippen molar-refractivity contribution in [2.24, 2.45) is 0 Å². The van der Waals surface area contributed by atoms with Crippen LogP contribution in [0.3, 0.4) is 0 Å². The zero-order chi connectivity index (χ0) is 20.3. The van der Waals surface area contributed by atoms with Gasteiger partial charge in [0.1, 0.15) is 0 Å². The van der Waals surface area contributed by atoms with Crippen LogP contribution in [0.2, 0.25) is 0 Å². The van der Waals surface area contributed by atoms with E-state index in [2.05, 4.69) is 6.92 Å². The van der Waals surface area contributed by atoms with Crippen LogP contribution >= 0.6 is 0 Å². The molecule has 0 fully saturated rings. The van der Waals surface area contributed by atoms with Crippen molar-refractivity contribution in [3.05, 3.63) is 72.9 Å². The first-order chi connectivity index (χ1) is 13.0. The Morgan fingerprint density at radius 2 is 1.48 bits per heavy atom. The molecule has 0 saturated carbocycles. The van der Waals surface area contributed by atoms with E-state index in [1.807, 2.05) is 42.5 Å². The third-order valence-corrected chi connectivity index (χ3v) is 3.46. The van der Waals surface area contributed by atoms with Crippen molar-refractivity contribution < 1.29 is 25.2 Å². The molecular weight excluding hydrogens is 344 g/mol. The van der Waals surface area contributed by atoms with Crippen LogP contribution in [0.25, 0.3) is 0 Å². The van der Waals surface area contributed by atoms with Gasteiger partial charge in [-0.1, -0.05) is 79.8 Å². The Morgan fingerprint density at radius 3 is 2.15 bits per heavy atom. The molecule has 0 heterocycles. The fourth-order valence-corrected chi connectivity index (χ4v) is 1.94. The van der Waals surface area contributed by atoms with Crippen LogP contribution in [0.1, 0.15) is 39.0 Å². The molecule has 0 aromatic carbocycles. The molecule has 5 heteroatoms. The molecule has 0 amide bonds. The predicted octanol–water partition coefficient (Wildman–Crippen LogP) is 3.46. The Balaban J connectivity index is 3.98. The van der Waals surface area contributed by atoms with E-state index in [1.165, 1.54) is 6.08 Å². The average molecular weight is 376 g/mol. The molecule has 3 atom stereocenters. The lowest BCUT2D eigenvalue weighted by Crippen LogP contribution is -2.24. The van der Waals surface area contributed by atoms with E-state index in [0.717, 1.165) is 12.8 Å². The maximum atomic E-state index is 10.4. The summed E-state index contributed by atoms with van der Waals surface area (Å²) in [7, 11) is 0. The molecule has 27 heavy (non-hydrogen) atoms. The lowest BCUT2D eigenvalue weighted by Gasteiger charge is -2.12. The smallest absolute Gasteiger partial charge is 0.303 e. The lowest BCUT2D eigenvalue weighted by molar-refractivity contribution is -0.137. The van der Waals surface area contributed by atoms with Crippen molar-refractivity contribution >= 4 is 5.97 Å². The number of carboxylic acids is 1. The number of aliphatic carboxylic acids is 1. The van der Waals surface area contributed by atoms with Crippen molar-refractivity contribution in [2.75, 3.05) is 0 Å². The molecule has 0 radical (unpaired) electrons. The Bertz CT molecular complexity index is 555. The quantitative estimate of drug-likeness (QED) is 0.275. The fourth-order valence-electron chi connectivity index (χ4n) is 1.94. The number of aliphatic hydroxyl groups is 3. The zero-order valence-corrected chi connectivity index (χ0v) is 15.9. The summed E-state index contributed by atoms with van der Waals surface area (Å²) >= 11 is 0. The largest absolute Gasteiger partial charge is 0.481 e. The summed E-state index contributed by atoms with van der Waals surface area (Å²) in [5.74, 6) is -1.000. The molecule has 5 nitrogen and oxygen atoms in total. The molecule has 0 aliphatic rings. The number of rotatable bonds is 14. The first-order valence-corrected chi connectivity index (χ1v) is 9.21. The van der Waals surface area contributed by atoms with Crippen LogP contribution in [0.15, 0.2) is 72.9 Å². The summed E-state index contributed by atoms with van der Waals surface area (Å²) in [4.78, 5) is 10.4. The van der Waals surface area contributed by atoms with E-state index in [9.17, 15) is 20.1 Å². The molecule has 0 aromatic heterocycles. The molecule has 0 aliphatic heterocycles. The monoisotopic (exact) mass is 376 g/mol. The van der Waals surface area contributed by atoms with Crippen LogP contribution < -0.4 is 0 Å². The normalized spacial score (nSPS) is 16.6. The van der Waals surface area contributed by atoms with Crippen molar-refractivity contribution in [2.45, 2.75) is 57.3 Å². The van der Waals surface area contributed by atoms with E-state index in [-0.39, 0.29) is 12.8 Å². The summed E-state index contributed by atoms with van der Waals surface area (Å²) in [6, 6.07) is 0. The zero-order valence-electron chi connectivity index (χ0n) is 15.9. The van der Waals surface area contributed by atoms with Crippen LogP contribution in [-0.4, -0.2) is 44.7 Å². The second kappa shape index (κ2) is 17.2. The number of carbonyl (C=O) groups is 1. The second-order valence-corrected chi connectivity index (χ2v) is 5.92. The third-order valence-electron chi connectivity index (χ3n) is 3.46. The number of carboxylic acid groups (broad SMARTS) is 1. The van der Waals surface area contributed by atoms with Crippen LogP contribution in [0.4, 0.5) is 0 Å².